The zero-order valence-electron chi connectivity index (χ0n) is 12.7. The van der Waals surface area contributed by atoms with Gasteiger partial charge in [0.1, 0.15) is 11.6 Å². The Balaban J connectivity index is 1.47. The van der Waals surface area contributed by atoms with Gasteiger partial charge in [-0.3, -0.25) is 4.79 Å². The van der Waals surface area contributed by atoms with Crippen LogP contribution in [-0.4, -0.2) is 35.5 Å². The third-order valence-corrected chi connectivity index (χ3v) is 4.00. The molecule has 2 aromatic heterocycles. The van der Waals surface area contributed by atoms with Gasteiger partial charge in [-0.1, -0.05) is 0 Å². The van der Waals surface area contributed by atoms with Crippen LogP contribution >= 0.6 is 0 Å². The van der Waals surface area contributed by atoms with Crippen molar-refractivity contribution >= 4 is 11.7 Å². The molecule has 0 unspecified atom stereocenters. The van der Waals surface area contributed by atoms with Gasteiger partial charge < -0.3 is 14.6 Å². The summed E-state index contributed by atoms with van der Waals surface area (Å²) in [5.41, 5.74) is 0. The Labute approximate surface area is 129 Å². The van der Waals surface area contributed by atoms with Gasteiger partial charge in [0.15, 0.2) is 5.76 Å². The molecule has 0 aliphatic carbocycles. The van der Waals surface area contributed by atoms with Crippen LogP contribution in [-0.2, 0) is 0 Å². The number of piperidine rings is 1. The van der Waals surface area contributed by atoms with E-state index in [1.165, 1.54) is 6.26 Å². The van der Waals surface area contributed by atoms with E-state index in [0.717, 1.165) is 37.6 Å². The first-order valence-electron chi connectivity index (χ1n) is 7.58. The van der Waals surface area contributed by atoms with Gasteiger partial charge in [-0.15, -0.1) is 0 Å². The third-order valence-electron chi connectivity index (χ3n) is 4.00. The lowest BCUT2D eigenvalue weighted by Gasteiger charge is -2.32. The van der Waals surface area contributed by atoms with Crippen molar-refractivity contribution in [3.05, 3.63) is 42.2 Å². The monoisotopic (exact) mass is 300 g/mol. The quantitative estimate of drug-likeness (QED) is 0.935. The first-order chi connectivity index (χ1) is 10.7. The molecule has 1 saturated heterocycles. The average molecular weight is 300 g/mol. The highest BCUT2D eigenvalue weighted by molar-refractivity contribution is 5.91. The molecule has 116 valence electrons. The van der Waals surface area contributed by atoms with Crippen LogP contribution < -0.4 is 10.2 Å². The van der Waals surface area contributed by atoms with Crippen molar-refractivity contribution in [3.8, 4) is 0 Å². The molecule has 1 fully saturated rings. The van der Waals surface area contributed by atoms with Gasteiger partial charge in [0.2, 0.25) is 0 Å². The van der Waals surface area contributed by atoms with E-state index in [9.17, 15) is 4.79 Å². The predicted octanol–water partition coefficient (Wildman–Crippen LogP) is 2.02. The van der Waals surface area contributed by atoms with Crippen molar-refractivity contribution in [1.82, 2.24) is 15.3 Å². The largest absolute Gasteiger partial charge is 0.459 e. The molecular formula is C16H20N4O2. The number of furan rings is 1. The van der Waals surface area contributed by atoms with Gasteiger partial charge in [-0.05, 0) is 43.9 Å². The Morgan fingerprint density at radius 3 is 2.91 bits per heavy atom. The molecule has 0 radical (unpaired) electrons. The number of nitrogens with zero attached hydrogens (tertiary/aromatic N) is 3. The summed E-state index contributed by atoms with van der Waals surface area (Å²) in [4.78, 5) is 22.7. The van der Waals surface area contributed by atoms with E-state index in [2.05, 4.69) is 20.2 Å². The van der Waals surface area contributed by atoms with E-state index >= 15 is 0 Å². The number of carbonyl (C=O) groups is 1. The molecule has 1 aliphatic heterocycles. The van der Waals surface area contributed by atoms with Crippen LogP contribution in [0.5, 0.6) is 0 Å². The standard InChI is InChI=1S/C16H20N4O2/c1-12-17-7-4-15(19-12)20-8-5-13(6-9-20)11-18-16(21)14-3-2-10-22-14/h2-4,7,10,13H,5-6,8-9,11H2,1H3,(H,18,21). The minimum Gasteiger partial charge on any atom is -0.459 e. The molecule has 6 heteroatoms. The molecule has 22 heavy (non-hydrogen) atoms. The van der Waals surface area contributed by atoms with E-state index in [1.54, 1.807) is 18.3 Å². The maximum Gasteiger partial charge on any atom is 0.286 e. The average Bonchev–Trinajstić information content (AvgIpc) is 3.08. The van der Waals surface area contributed by atoms with Gasteiger partial charge in [0.05, 0.1) is 6.26 Å². The van der Waals surface area contributed by atoms with E-state index in [1.807, 2.05) is 13.0 Å². The molecule has 1 N–H and O–H groups in total. The highest BCUT2D eigenvalue weighted by Crippen LogP contribution is 2.21. The zero-order valence-corrected chi connectivity index (χ0v) is 12.7. The number of amides is 1. The fraction of sp³-hybridized carbons (Fsp3) is 0.438. The lowest BCUT2D eigenvalue weighted by Crippen LogP contribution is -2.39. The Morgan fingerprint density at radius 2 is 2.23 bits per heavy atom. The van der Waals surface area contributed by atoms with Crippen LogP contribution in [0.25, 0.3) is 0 Å². The fourth-order valence-electron chi connectivity index (χ4n) is 2.72. The smallest absolute Gasteiger partial charge is 0.286 e. The van der Waals surface area contributed by atoms with E-state index in [-0.39, 0.29) is 5.91 Å². The molecule has 1 aliphatic rings. The van der Waals surface area contributed by atoms with Crippen LogP contribution in [0.15, 0.2) is 35.1 Å². The number of hydrogen-bond donors (Lipinski definition) is 1. The van der Waals surface area contributed by atoms with E-state index in [0.29, 0.717) is 18.2 Å². The number of aryl methyl sites for hydroxylation is 1. The molecular weight excluding hydrogens is 280 g/mol. The summed E-state index contributed by atoms with van der Waals surface area (Å²) in [6.45, 7) is 4.51. The molecule has 0 saturated carbocycles. The van der Waals surface area contributed by atoms with Crippen molar-refractivity contribution < 1.29 is 9.21 Å². The topological polar surface area (TPSA) is 71.3 Å². The highest BCUT2D eigenvalue weighted by Gasteiger charge is 2.21. The summed E-state index contributed by atoms with van der Waals surface area (Å²) >= 11 is 0. The number of anilines is 1. The molecule has 0 bridgehead atoms. The van der Waals surface area contributed by atoms with Crippen LogP contribution in [0.1, 0.15) is 29.2 Å². The number of hydrogen-bond acceptors (Lipinski definition) is 5. The van der Waals surface area contributed by atoms with Gasteiger partial charge in [-0.25, -0.2) is 9.97 Å². The van der Waals surface area contributed by atoms with Crippen molar-refractivity contribution in [2.75, 3.05) is 24.5 Å². The lowest BCUT2D eigenvalue weighted by molar-refractivity contribution is 0.0917. The number of rotatable bonds is 4. The molecule has 3 heterocycles. The summed E-state index contributed by atoms with van der Waals surface area (Å²) in [5, 5.41) is 2.94. The van der Waals surface area contributed by atoms with Gasteiger partial charge in [0, 0.05) is 25.8 Å². The van der Waals surface area contributed by atoms with Gasteiger partial charge in [-0.2, -0.15) is 0 Å². The second-order valence-corrected chi connectivity index (χ2v) is 5.58. The second-order valence-electron chi connectivity index (χ2n) is 5.58. The maximum atomic E-state index is 11.8. The third kappa shape index (κ3) is 3.44. The van der Waals surface area contributed by atoms with E-state index in [4.69, 9.17) is 4.42 Å². The highest BCUT2D eigenvalue weighted by atomic mass is 16.3. The molecule has 0 spiro atoms. The Morgan fingerprint density at radius 1 is 1.41 bits per heavy atom. The van der Waals surface area contributed by atoms with Crippen molar-refractivity contribution in [1.29, 1.82) is 0 Å². The van der Waals surface area contributed by atoms with Crippen LogP contribution in [0, 0.1) is 12.8 Å². The fourth-order valence-corrected chi connectivity index (χ4v) is 2.72. The molecule has 0 aromatic carbocycles. The van der Waals surface area contributed by atoms with Gasteiger partial charge >= 0.3 is 0 Å². The predicted molar refractivity (Wildman–Crippen MR) is 82.7 cm³/mol. The van der Waals surface area contributed by atoms with Gasteiger partial charge in [0.25, 0.3) is 5.91 Å². The minimum atomic E-state index is -0.140. The number of nitrogens with one attached hydrogen (secondary N) is 1. The van der Waals surface area contributed by atoms with Crippen LogP contribution in [0.2, 0.25) is 0 Å². The Kier molecular flexibility index (Phi) is 4.37. The molecule has 3 rings (SSSR count). The summed E-state index contributed by atoms with van der Waals surface area (Å²) in [6, 6.07) is 5.35. The van der Waals surface area contributed by atoms with Crippen molar-refractivity contribution in [2.24, 2.45) is 5.92 Å². The normalized spacial score (nSPS) is 15.8. The van der Waals surface area contributed by atoms with Crippen LogP contribution in [0.3, 0.4) is 0 Å². The molecule has 2 aromatic rings. The summed E-state index contributed by atoms with van der Waals surface area (Å²) in [6.07, 6.45) is 5.40. The maximum absolute atomic E-state index is 11.8. The zero-order chi connectivity index (χ0) is 15.4. The lowest BCUT2D eigenvalue weighted by atomic mass is 9.97. The molecule has 0 atom stereocenters. The van der Waals surface area contributed by atoms with Crippen LogP contribution in [0.4, 0.5) is 5.82 Å². The number of carbonyl (C=O) groups excluding carboxylic acids is 1. The first-order valence-corrected chi connectivity index (χ1v) is 7.58. The number of aromatic nitrogens is 2. The summed E-state index contributed by atoms with van der Waals surface area (Å²) in [5.74, 6) is 2.52. The van der Waals surface area contributed by atoms with Crippen molar-refractivity contribution in [3.63, 3.8) is 0 Å². The first kappa shape index (κ1) is 14.6. The summed E-state index contributed by atoms with van der Waals surface area (Å²) in [7, 11) is 0. The Hall–Kier alpha value is -2.37. The Bertz CT molecular complexity index is 619. The van der Waals surface area contributed by atoms with Crippen molar-refractivity contribution in [2.45, 2.75) is 19.8 Å². The minimum absolute atomic E-state index is 0.140. The van der Waals surface area contributed by atoms with E-state index < -0.39 is 0 Å². The molecule has 6 nitrogen and oxygen atoms in total. The molecule has 1 amide bonds. The second kappa shape index (κ2) is 6.60. The SMILES string of the molecule is Cc1nccc(N2CCC(CNC(=O)c3ccco3)CC2)n1. The summed E-state index contributed by atoms with van der Waals surface area (Å²) < 4.78 is 5.09.